The van der Waals surface area contributed by atoms with Crippen LogP contribution in [0.2, 0.25) is 5.02 Å². The zero-order valence-electron chi connectivity index (χ0n) is 19.3. The first-order chi connectivity index (χ1) is 16.3. The number of amides is 1. The molecule has 1 N–H and O–H groups in total. The molecule has 0 atom stereocenters. The number of imidazole rings is 1. The van der Waals surface area contributed by atoms with E-state index in [1.807, 2.05) is 62.4 Å². The molecular formula is C26H26BClN4O2. The third kappa shape index (κ3) is 4.99. The fourth-order valence-electron chi connectivity index (χ4n) is 3.99. The van der Waals surface area contributed by atoms with Crippen molar-refractivity contribution in [3.8, 4) is 0 Å². The first-order valence-corrected chi connectivity index (χ1v) is 11.5. The summed E-state index contributed by atoms with van der Waals surface area (Å²) >= 11 is 6.52. The fraction of sp³-hybridized carbons (Fsp3) is 0.192. The summed E-state index contributed by atoms with van der Waals surface area (Å²) in [6.45, 7) is 0.842. The minimum Gasteiger partial charge on any atom is -0.344 e. The first-order valence-electron chi connectivity index (χ1n) is 11.1. The maximum absolute atomic E-state index is 12.9. The molecule has 0 saturated carbocycles. The molecular weight excluding hydrogens is 447 g/mol. The predicted molar refractivity (Wildman–Crippen MR) is 138 cm³/mol. The highest BCUT2D eigenvalue weighted by Gasteiger charge is 2.18. The number of Topliss-reactive ketones (excluding diaryl/α,β-unsaturated/α-hetero) is 1. The van der Waals surface area contributed by atoms with E-state index in [4.69, 9.17) is 17.0 Å². The van der Waals surface area contributed by atoms with E-state index in [1.54, 1.807) is 39.3 Å². The lowest BCUT2D eigenvalue weighted by molar-refractivity contribution is -0.129. The number of nitrogens with one attached hydrogen (secondary N) is 1. The number of carbonyl (C=O) groups excluding carboxylic acids is 2. The van der Waals surface area contributed by atoms with Gasteiger partial charge in [0.1, 0.15) is 7.85 Å². The lowest BCUT2D eigenvalue weighted by Gasteiger charge is -2.18. The van der Waals surface area contributed by atoms with Gasteiger partial charge in [-0.25, -0.2) is 0 Å². The number of halogens is 1. The van der Waals surface area contributed by atoms with Gasteiger partial charge in [-0.05, 0) is 17.7 Å². The number of rotatable bonds is 8. The standard InChI is InChI=1S/C26H26BClN4O2/c1-30(24(34)16-18-6-3-2-4-7-18)14-15-31-25-21(28)8-5-9-22(25)32(26(31)29)17-23(33)19-10-12-20(27)13-11-19/h2-13,29H,14-17,27H2,1H3. The zero-order chi connectivity index (χ0) is 24.2. The monoisotopic (exact) mass is 472 g/mol. The van der Waals surface area contributed by atoms with Gasteiger partial charge >= 0.3 is 0 Å². The summed E-state index contributed by atoms with van der Waals surface area (Å²) in [6, 6.07) is 22.5. The Morgan fingerprint density at radius 3 is 2.38 bits per heavy atom. The number of hydrogen-bond acceptors (Lipinski definition) is 3. The van der Waals surface area contributed by atoms with Crippen LogP contribution < -0.4 is 11.1 Å². The maximum atomic E-state index is 12.9. The number of fused-ring (bicyclic) bond motifs is 1. The Bertz CT molecular complexity index is 1390. The van der Waals surface area contributed by atoms with Crippen molar-refractivity contribution in [2.75, 3.05) is 13.6 Å². The van der Waals surface area contributed by atoms with Crippen LogP contribution in [0, 0.1) is 5.41 Å². The fourth-order valence-corrected chi connectivity index (χ4v) is 4.26. The summed E-state index contributed by atoms with van der Waals surface area (Å²) in [5.74, 6) is -0.0737. The van der Waals surface area contributed by atoms with Gasteiger partial charge in [-0.15, -0.1) is 0 Å². The SMILES string of the molecule is Bc1ccc(C(=O)Cn2c(=N)n(CCN(C)C(=O)Cc3ccccc3)c3c(Cl)cccc32)cc1. The Balaban J connectivity index is 1.57. The summed E-state index contributed by atoms with van der Waals surface area (Å²) in [7, 11) is 3.74. The molecule has 3 aromatic carbocycles. The zero-order valence-corrected chi connectivity index (χ0v) is 20.0. The van der Waals surface area contributed by atoms with Crippen LogP contribution in [0.3, 0.4) is 0 Å². The molecule has 1 aromatic heterocycles. The van der Waals surface area contributed by atoms with Crippen molar-refractivity contribution in [3.05, 3.63) is 94.6 Å². The number of ketones is 1. The highest BCUT2D eigenvalue weighted by atomic mass is 35.5. The Kier molecular flexibility index (Phi) is 7.03. The van der Waals surface area contributed by atoms with Crippen molar-refractivity contribution in [3.63, 3.8) is 0 Å². The van der Waals surface area contributed by atoms with Crippen LogP contribution in [-0.4, -0.2) is 47.2 Å². The second-order valence-electron chi connectivity index (χ2n) is 8.44. The second-order valence-corrected chi connectivity index (χ2v) is 8.84. The Morgan fingerprint density at radius 2 is 1.68 bits per heavy atom. The van der Waals surface area contributed by atoms with Gasteiger partial charge in [0.25, 0.3) is 0 Å². The summed E-state index contributed by atoms with van der Waals surface area (Å²) in [5.41, 5.74) is 4.23. The Hall–Kier alpha value is -3.58. The third-order valence-corrected chi connectivity index (χ3v) is 6.30. The van der Waals surface area contributed by atoms with Gasteiger partial charge in [-0.2, -0.15) is 0 Å². The van der Waals surface area contributed by atoms with Gasteiger partial charge < -0.3 is 14.0 Å². The number of para-hydroxylation sites is 1. The number of benzene rings is 3. The summed E-state index contributed by atoms with van der Waals surface area (Å²) in [5, 5.41) is 9.31. The molecule has 0 radical (unpaired) electrons. The van der Waals surface area contributed by atoms with Crippen molar-refractivity contribution in [1.29, 1.82) is 5.41 Å². The van der Waals surface area contributed by atoms with Gasteiger partial charge in [0.2, 0.25) is 11.5 Å². The average Bonchev–Trinajstić information content (AvgIpc) is 3.10. The van der Waals surface area contributed by atoms with Crippen LogP contribution in [0.15, 0.2) is 72.8 Å². The minimum atomic E-state index is -0.0762. The number of carbonyl (C=O) groups is 2. The summed E-state index contributed by atoms with van der Waals surface area (Å²) in [6.07, 6.45) is 0.323. The van der Waals surface area contributed by atoms with E-state index in [1.165, 1.54) is 0 Å². The van der Waals surface area contributed by atoms with Crippen LogP contribution >= 0.6 is 11.6 Å². The van der Waals surface area contributed by atoms with Crippen molar-refractivity contribution < 1.29 is 9.59 Å². The molecule has 6 nitrogen and oxygen atoms in total. The van der Waals surface area contributed by atoms with Gasteiger partial charge in [-0.3, -0.25) is 15.0 Å². The van der Waals surface area contributed by atoms with Crippen LogP contribution in [0.4, 0.5) is 0 Å². The molecule has 172 valence electrons. The van der Waals surface area contributed by atoms with E-state index in [2.05, 4.69) is 0 Å². The molecule has 0 aliphatic rings. The highest BCUT2D eigenvalue weighted by molar-refractivity contribution is 6.35. The van der Waals surface area contributed by atoms with Crippen LogP contribution in [-0.2, 0) is 24.3 Å². The van der Waals surface area contributed by atoms with E-state index in [0.29, 0.717) is 35.6 Å². The summed E-state index contributed by atoms with van der Waals surface area (Å²) in [4.78, 5) is 27.3. The molecule has 0 bridgehead atoms. The van der Waals surface area contributed by atoms with E-state index >= 15 is 0 Å². The van der Waals surface area contributed by atoms with E-state index < -0.39 is 0 Å². The van der Waals surface area contributed by atoms with Crippen molar-refractivity contribution >= 4 is 47.6 Å². The topological polar surface area (TPSA) is 71.1 Å². The lowest BCUT2D eigenvalue weighted by Crippen LogP contribution is -2.34. The van der Waals surface area contributed by atoms with Gasteiger partial charge in [-0.1, -0.05) is 77.7 Å². The minimum absolute atomic E-state index is 0.00251. The maximum Gasteiger partial charge on any atom is 0.226 e. The second kappa shape index (κ2) is 10.1. The number of hydrogen-bond donors (Lipinski definition) is 1. The molecule has 1 amide bonds. The molecule has 4 rings (SSSR count). The molecule has 0 spiro atoms. The molecule has 4 aromatic rings. The van der Waals surface area contributed by atoms with E-state index in [9.17, 15) is 9.59 Å². The van der Waals surface area contributed by atoms with Crippen LogP contribution in [0.1, 0.15) is 15.9 Å². The molecule has 0 fully saturated rings. The smallest absolute Gasteiger partial charge is 0.226 e. The molecule has 34 heavy (non-hydrogen) atoms. The van der Waals surface area contributed by atoms with Gasteiger partial charge in [0, 0.05) is 25.7 Å². The third-order valence-electron chi connectivity index (χ3n) is 6.00. The first kappa shape index (κ1) is 23.6. The van der Waals surface area contributed by atoms with Crippen molar-refractivity contribution in [2.24, 2.45) is 0 Å². The van der Waals surface area contributed by atoms with E-state index in [-0.39, 0.29) is 23.9 Å². The average molecular weight is 473 g/mol. The number of aromatic nitrogens is 2. The lowest BCUT2D eigenvalue weighted by atomic mass is 9.94. The number of nitrogens with zero attached hydrogens (tertiary/aromatic N) is 3. The molecule has 1 heterocycles. The Labute approximate surface area is 204 Å². The predicted octanol–water partition coefficient (Wildman–Crippen LogP) is 2.42. The van der Waals surface area contributed by atoms with Gasteiger partial charge in [0.05, 0.1) is 29.0 Å². The summed E-state index contributed by atoms with van der Waals surface area (Å²) < 4.78 is 3.45. The van der Waals surface area contributed by atoms with E-state index in [0.717, 1.165) is 16.5 Å². The largest absolute Gasteiger partial charge is 0.344 e. The molecule has 0 aliphatic heterocycles. The van der Waals surface area contributed by atoms with Crippen LogP contribution in [0.5, 0.6) is 0 Å². The highest BCUT2D eigenvalue weighted by Crippen LogP contribution is 2.23. The Morgan fingerprint density at radius 1 is 0.971 bits per heavy atom. The molecule has 0 unspecified atom stereocenters. The van der Waals surface area contributed by atoms with Crippen LogP contribution in [0.25, 0.3) is 11.0 Å². The van der Waals surface area contributed by atoms with Crippen molar-refractivity contribution in [1.82, 2.24) is 14.0 Å². The molecule has 0 aliphatic carbocycles. The number of likely N-dealkylation sites (N-methyl/N-ethyl adjacent to an activating group) is 1. The normalized spacial score (nSPS) is 11.0. The van der Waals surface area contributed by atoms with Gasteiger partial charge in [0.15, 0.2) is 5.78 Å². The quantitative estimate of drug-likeness (QED) is 0.316. The molecule has 0 saturated heterocycles. The van der Waals surface area contributed by atoms with Crippen molar-refractivity contribution in [2.45, 2.75) is 19.5 Å². The molecule has 8 heteroatoms.